The van der Waals surface area contributed by atoms with Crippen LogP contribution >= 0.6 is 21.6 Å². The van der Waals surface area contributed by atoms with Crippen LogP contribution < -0.4 is 0 Å². The van der Waals surface area contributed by atoms with Gasteiger partial charge in [-0.2, -0.15) is 0 Å². The summed E-state index contributed by atoms with van der Waals surface area (Å²) < 4.78 is 12.5. The molecule has 1 aromatic carbocycles. The Labute approximate surface area is 78.6 Å². The second-order valence-electron chi connectivity index (χ2n) is 2.44. The van der Waals surface area contributed by atoms with Crippen molar-refractivity contribution in [3.63, 3.8) is 0 Å². The summed E-state index contributed by atoms with van der Waals surface area (Å²) in [6.45, 7) is 0. The molecular weight excluding hydrogens is 191 g/mol. The highest BCUT2D eigenvalue weighted by Crippen LogP contribution is 2.42. The minimum Gasteiger partial charge on any atom is -0.207 e. The van der Waals surface area contributed by atoms with Crippen molar-refractivity contribution in [1.29, 1.82) is 0 Å². The molecule has 12 heavy (non-hydrogen) atoms. The number of rotatable bonds is 1. The van der Waals surface area contributed by atoms with Gasteiger partial charge in [0.1, 0.15) is 5.82 Å². The van der Waals surface area contributed by atoms with Gasteiger partial charge in [-0.15, -0.1) is 0 Å². The summed E-state index contributed by atoms with van der Waals surface area (Å²) in [6.07, 6.45) is 2.17. The van der Waals surface area contributed by atoms with Crippen LogP contribution in [0, 0.1) is 5.82 Å². The van der Waals surface area contributed by atoms with Crippen molar-refractivity contribution in [1.82, 2.24) is 0 Å². The molecule has 0 fully saturated rings. The van der Waals surface area contributed by atoms with Gasteiger partial charge in [0.2, 0.25) is 0 Å². The summed E-state index contributed by atoms with van der Waals surface area (Å²) in [6, 6.07) is 6.64. The Morgan fingerprint density at radius 3 is 2.50 bits per heavy atom. The van der Waals surface area contributed by atoms with E-state index in [0.717, 1.165) is 11.3 Å². The lowest BCUT2D eigenvalue weighted by molar-refractivity contribution is 0.628. The minimum absolute atomic E-state index is 0.171. The molecule has 0 radical (unpaired) electrons. The van der Waals surface area contributed by atoms with Gasteiger partial charge < -0.3 is 0 Å². The van der Waals surface area contributed by atoms with Crippen molar-refractivity contribution in [2.24, 2.45) is 0 Å². The van der Waals surface area contributed by atoms with Crippen LogP contribution in [0.4, 0.5) is 4.39 Å². The summed E-state index contributed by atoms with van der Waals surface area (Å²) in [7, 11) is 3.57. The van der Waals surface area contributed by atoms with Gasteiger partial charge in [-0.1, -0.05) is 39.8 Å². The lowest BCUT2D eigenvalue weighted by Gasteiger charge is -1.98. The molecule has 0 unspecified atom stereocenters. The summed E-state index contributed by atoms with van der Waals surface area (Å²) in [5.41, 5.74) is 1.12. The van der Waals surface area contributed by atoms with Crippen LogP contribution in [0.1, 0.15) is 5.56 Å². The van der Waals surface area contributed by atoms with Crippen LogP contribution in [0.25, 0.3) is 4.91 Å². The molecule has 0 aromatic heterocycles. The topological polar surface area (TPSA) is 0 Å². The van der Waals surface area contributed by atoms with E-state index in [4.69, 9.17) is 0 Å². The van der Waals surface area contributed by atoms with Crippen molar-refractivity contribution in [3.8, 4) is 0 Å². The maximum Gasteiger partial charge on any atom is 0.123 e. The number of hydrogen-bond acceptors (Lipinski definition) is 2. The zero-order valence-electron chi connectivity index (χ0n) is 6.29. The van der Waals surface area contributed by atoms with Crippen LogP contribution in [0.5, 0.6) is 0 Å². The first-order valence-corrected chi connectivity index (χ1v) is 5.94. The Kier molecular flexibility index (Phi) is 2.42. The van der Waals surface area contributed by atoms with E-state index in [0.29, 0.717) is 0 Å². The number of hydrogen-bond donors (Lipinski definition) is 0. The van der Waals surface area contributed by atoms with E-state index in [1.807, 2.05) is 22.9 Å². The van der Waals surface area contributed by atoms with Gasteiger partial charge in [0, 0.05) is 10.7 Å². The molecule has 3 heteroatoms. The molecule has 0 amide bonds. The van der Waals surface area contributed by atoms with Gasteiger partial charge >= 0.3 is 0 Å². The Morgan fingerprint density at radius 1 is 1.17 bits per heavy atom. The van der Waals surface area contributed by atoms with E-state index in [1.54, 1.807) is 10.8 Å². The first-order chi connectivity index (χ1) is 5.86. The van der Waals surface area contributed by atoms with Crippen molar-refractivity contribution < 1.29 is 4.39 Å². The zero-order valence-corrected chi connectivity index (χ0v) is 7.92. The molecule has 2 rings (SSSR count). The van der Waals surface area contributed by atoms with Gasteiger partial charge in [0.15, 0.2) is 0 Å². The normalized spacial score (nSPS) is 16.2. The van der Waals surface area contributed by atoms with Crippen molar-refractivity contribution >= 4 is 26.5 Å². The molecule has 1 aliphatic rings. The van der Waals surface area contributed by atoms with Crippen molar-refractivity contribution in [3.05, 3.63) is 41.7 Å². The van der Waals surface area contributed by atoms with E-state index in [2.05, 4.69) is 6.08 Å². The van der Waals surface area contributed by atoms with Crippen molar-refractivity contribution in [2.45, 2.75) is 0 Å². The van der Waals surface area contributed by atoms with E-state index >= 15 is 0 Å². The summed E-state index contributed by atoms with van der Waals surface area (Å²) in [5, 5.41) is 0. The van der Waals surface area contributed by atoms with Crippen molar-refractivity contribution in [2.75, 3.05) is 5.75 Å². The lowest BCUT2D eigenvalue weighted by Crippen LogP contribution is -1.77. The molecule has 0 nitrogen and oxygen atoms in total. The fourth-order valence-electron chi connectivity index (χ4n) is 1.02. The molecule has 62 valence electrons. The molecule has 1 heterocycles. The standard InChI is InChI=1S/C9H7FS2/c10-8-3-1-7(2-4-8)9-5-6-11-12-9/h1-5H,6H2. The summed E-state index contributed by atoms with van der Waals surface area (Å²) in [4.78, 5) is 1.25. The monoisotopic (exact) mass is 198 g/mol. The van der Waals surface area contributed by atoms with Crippen LogP contribution in [0.3, 0.4) is 0 Å². The van der Waals surface area contributed by atoms with Crippen LogP contribution in [-0.4, -0.2) is 5.75 Å². The fraction of sp³-hybridized carbons (Fsp3) is 0.111. The first kappa shape index (κ1) is 8.20. The lowest BCUT2D eigenvalue weighted by atomic mass is 10.2. The van der Waals surface area contributed by atoms with E-state index in [1.165, 1.54) is 17.0 Å². The third-order valence-electron chi connectivity index (χ3n) is 1.61. The average molecular weight is 198 g/mol. The SMILES string of the molecule is Fc1ccc(C2=CCSS2)cc1. The highest BCUT2D eigenvalue weighted by molar-refractivity contribution is 8.80. The molecule has 0 atom stereocenters. The third-order valence-corrected chi connectivity index (χ3v) is 3.92. The molecule has 0 saturated carbocycles. The molecule has 1 aromatic rings. The molecule has 0 N–H and O–H groups in total. The number of halogens is 1. The average Bonchev–Trinajstić information content (AvgIpc) is 2.58. The molecule has 1 aliphatic heterocycles. The second-order valence-corrected chi connectivity index (χ2v) is 4.83. The van der Waals surface area contributed by atoms with Crippen LogP contribution in [0.15, 0.2) is 30.3 Å². The zero-order chi connectivity index (χ0) is 8.39. The predicted octanol–water partition coefficient (Wildman–Crippen LogP) is 3.56. The van der Waals surface area contributed by atoms with Crippen LogP contribution in [0.2, 0.25) is 0 Å². The van der Waals surface area contributed by atoms with E-state index in [9.17, 15) is 4.39 Å². The Hall–Kier alpha value is -0.410. The largest absolute Gasteiger partial charge is 0.207 e. The maximum atomic E-state index is 12.5. The quantitative estimate of drug-likeness (QED) is 0.633. The molecule has 0 aliphatic carbocycles. The Balaban J connectivity index is 2.28. The fourth-order valence-corrected chi connectivity index (χ4v) is 3.22. The van der Waals surface area contributed by atoms with Gasteiger partial charge in [-0.25, -0.2) is 4.39 Å². The minimum atomic E-state index is -0.171. The Bertz CT molecular complexity index is 303. The van der Waals surface area contributed by atoms with Gasteiger partial charge in [-0.3, -0.25) is 0 Å². The van der Waals surface area contributed by atoms with E-state index in [-0.39, 0.29) is 5.82 Å². The second kappa shape index (κ2) is 3.54. The van der Waals surface area contributed by atoms with Gasteiger partial charge in [0.05, 0.1) is 0 Å². The smallest absolute Gasteiger partial charge is 0.123 e. The highest BCUT2D eigenvalue weighted by Gasteiger charge is 2.07. The van der Waals surface area contributed by atoms with Crippen LogP contribution in [-0.2, 0) is 0 Å². The summed E-state index contributed by atoms with van der Waals surface area (Å²) in [5.74, 6) is 0.882. The summed E-state index contributed by atoms with van der Waals surface area (Å²) >= 11 is 0. The van der Waals surface area contributed by atoms with Gasteiger partial charge in [0.25, 0.3) is 0 Å². The Morgan fingerprint density at radius 2 is 1.92 bits per heavy atom. The molecular formula is C9H7FS2. The molecule has 0 spiro atoms. The maximum absolute atomic E-state index is 12.5. The van der Waals surface area contributed by atoms with Gasteiger partial charge in [-0.05, 0) is 17.7 Å². The number of benzene rings is 1. The molecule has 0 bridgehead atoms. The highest BCUT2D eigenvalue weighted by atomic mass is 33.1. The predicted molar refractivity (Wildman–Crippen MR) is 54.4 cm³/mol. The molecule has 0 saturated heterocycles. The van der Waals surface area contributed by atoms with E-state index < -0.39 is 0 Å². The third kappa shape index (κ3) is 1.67. The first-order valence-electron chi connectivity index (χ1n) is 3.62.